The molecule has 1 aromatic rings. The van der Waals surface area contributed by atoms with Gasteiger partial charge in [0, 0.05) is 25.6 Å². The van der Waals surface area contributed by atoms with Crippen LogP contribution in [0.25, 0.3) is 0 Å². The summed E-state index contributed by atoms with van der Waals surface area (Å²) in [6.07, 6.45) is 0.849. The Balaban J connectivity index is 2.80. The van der Waals surface area contributed by atoms with E-state index in [-0.39, 0.29) is 5.41 Å². The number of aromatic nitrogens is 2. The number of anilines is 2. The van der Waals surface area contributed by atoms with E-state index in [1.165, 1.54) is 0 Å². The zero-order chi connectivity index (χ0) is 14.5. The molecule has 0 radical (unpaired) electrons. The summed E-state index contributed by atoms with van der Waals surface area (Å²) in [5.74, 6) is 3.32. The zero-order valence-corrected chi connectivity index (χ0v) is 13.2. The van der Waals surface area contributed by atoms with E-state index in [0.29, 0.717) is 5.92 Å². The standard InChI is InChI=1S/C15H28N4/c1-7-12-18-13(16-8-2)9-14(19-12)17-10-15(5,6)11(3)4/h9,11H,7-8,10H2,1-6H3,(H2,16,17,18,19). The van der Waals surface area contributed by atoms with Crippen LogP contribution in [0.4, 0.5) is 11.6 Å². The lowest BCUT2D eigenvalue weighted by molar-refractivity contribution is 0.269. The predicted molar refractivity (Wildman–Crippen MR) is 82.7 cm³/mol. The molecule has 0 spiro atoms. The number of hydrogen-bond acceptors (Lipinski definition) is 4. The van der Waals surface area contributed by atoms with Crippen molar-refractivity contribution in [3.8, 4) is 0 Å². The summed E-state index contributed by atoms with van der Waals surface area (Å²) in [6.45, 7) is 15.0. The molecule has 0 aliphatic heterocycles. The quantitative estimate of drug-likeness (QED) is 0.790. The molecular formula is C15H28N4. The minimum Gasteiger partial charge on any atom is -0.370 e. The van der Waals surface area contributed by atoms with Gasteiger partial charge < -0.3 is 10.6 Å². The molecule has 19 heavy (non-hydrogen) atoms. The Morgan fingerprint density at radius 1 is 1.11 bits per heavy atom. The average molecular weight is 264 g/mol. The lowest BCUT2D eigenvalue weighted by atomic mass is 9.81. The van der Waals surface area contributed by atoms with Crippen molar-refractivity contribution in [3.05, 3.63) is 11.9 Å². The molecule has 0 aliphatic carbocycles. The van der Waals surface area contributed by atoms with E-state index < -0.39 is 0 Å². The summed E-state index contributed by atoms with van der Waals surface area (Å²) >= 11 is 0. The van der Waals surface area contributed by atoms with Gasteiger partial charge >= 0.3 is 0 Å². The van der Waals surface area contributed by atoms with E-state index >= 15 is 0 Å². The van der Waals surface area contributed by atoms with Crippen molar-refractivity contribution in [1.29, 1.82) is 0 Å². The highest BCUT2D eigenvalue weighted by Gasteiger charge is 2.22. The Kier molecular flexibility index (Phi) is 5.58. The van der Waals surface area contributed by atoms with Crippen LogP contribution in [0.3, 0.4) is 0 Å². The van der Waals surface area contributed by atoms with Crippen LogP contribution in [0.5, 0.6) is 0 Å². The largest absolute Gasteiger partial charge is 0.370 e. The van der Waals surface area contributed by atoms with Gasteiger partial charge in [-0.25, -0.2) is 9.97 Å². The van der Waals surface area contributed by atoms with Crippen LogP contribution < -0.4 is 10.6 Å². The van der Waals surface area contributed by atoms with Gasteiger partial charge in [0.1, 0.15) is 17.5 Å². The fourth-order valence-electron chi connectivity index (χ4n) is 1.54. The van der Waals surface area contributed by atoms with Gasteiger partial charge in [0.2, 0.25) is 0 Å². The van der Waals surface area contributed by atoms with Crippen molar-refractivity contribution in [2.75, 3.05) is 23.7 Å². The third-order valence-corrected chi connectivity index (χ3v) is 3.73. The number of rotatable bonds is 7. The second-order valence-electron chi connectivity index (χ2n) is 5.94. The first-order chi connectivity index (χ1) is 8.89. The highest BCUT2D eigenvalue weighted by atomic mass is 15.1. The van der Waals surface area contributed by atoms with Crippen LogP contribution in [0, 0.1) is 11.3 Å². The van der Waals surface area contributed by atoms with E-state index in [4.69, 9.17) is 0 Å². The molecular weight excluding hydrogens is 236 g/mol. The second kappa shape index (κ2) is 6.73. The predicted octanol–water partition coefficient (Wildman–Crippen LogP) is 3.56. The third-order valence-electron chi connectivity index (χ3n) is 3.73. The van der Waals surface area contributed by atoms with Gasteiger partial charge in [-0.2, -0.15) is 0 Å². The fraction of sp³-hybridized carbons (Fsp3) is 0.733. The molecule has 0 bridgehead atoms. The van der Waals surface area contributed by atoms with Crippen molar-refractivity contribution in [3.63, 3.8) is 0 Å². The van der Waals surface area contributed by atoms with Crippen molar-refractivity contribution in [2.24, 2.45) is 11.3 Å². The Hall–Kier alpha value is -1.32. The zero-order valence-electron chi connectivity index (χ0n) is 13.2. The first kappa shape index (κ1) is 15.7. The number of nitrogens with one attached hydrogen (secondary N) is 2. The van der Waals surface area contributed by atoms with E-state index in [9.17, 15) is 0 Å². The van der Waals surface area contributed by atoms with Crippen LogP contribution in [0.1, 0.15) is 47.4 Å². The van der Waals surface area contributed by atoms with E-state index in [1.54, 1.807) is 0 Å². The molecule has 1 heterocycles. The van der Waals surface area contributed by atoms with Gasteiger partial charge in [-0.3, -0.25) is 0 Å². The Morgan fingerprint density at radius 2 is 1.68 bits per heavy atom. The molecule has 0 saturated heterocycles. The summed E-state index contributed by atoms with van der Waals surface area (Å²) in [4.78, 5) is 8.99. The van der Waals surface area contributed by atoms with Gasteiger partial charge in [-0.15, -0.1) is 0 Å². The maximum atomic E-state index is 4.53. The lowest BCUT2D eigenvalue weighted by Crippen LogP contribution is -2.29. The molecule has 0 amide bonds. The number of nitrogens with zero attached hydrogens (tertiary/aromatic N) is 2. The maximum absolute atomic E-state index is 4.53. The van der Waals surface area contributed by atoms with Crippen molar-refractivity contribution in [2.45, 2.75) is 48.0 Å². The molecule has 1 rings (SSSR count). The van der Waals surface area contributed by atoms with Crippen molar-refractivity contribution < 1.29 is 0 Å². The van der Waals surface area contributed by atoms with Crippen LogP contribution in [-0.4, -0.2) is 23.1 Å². The van der Waals surface area contributed by atoms with Crippen LogP contribution in [-0.2, 0) is 6.42 Å². The van der Waals surface area contributed by atoms with Crippen molar-refractivity contribution >= 4 is 11.6 Å². The summed E-state index contributed by atoms with van der Waals surface area (Å²) < 4.78 is 0. The topological polar surface area (TPSA) is 49.8 Å². The SMILES string of the molecule is CCNc1cc(NCC(C)(C)C(C)C)nc(CC)n1. The monoisotopic (exact) mass is 264 g/mol. The lowest BCUT2D eigenvalue weighted by Gasteiger charge is -2.29. The van der Waals surface area contributed by atoms with E-state index in [0.717, 1.165) is 37.0 Å². The Bertz CT molecular complexity index is 399. The summed E-state index contributed by atoms with van der Waals surface area (Å²) in [5.41, 5.74) is 0.246. The van der Waals surface area contributed by atoms with E-state index in [1.807, 2.05) is 6.07 Å². The molecule has 1 aromatic heterocycles. The Labute approximate surface area is 117 Å². The third kappa shape index (κ3) is 4.69. The highest BCUT2D eigenvalue weighted by molar-refractivity contribution is 5.47. The molecule has 0 aromatic carbocycles. The molecule has 0 unspecified atom stereocenters. The van der Waals surface area contributed by atoms with Crippen LogP contribution >= 0.6 is 0 Å². The number of hydrogen-bond donors (Lipinski definition) is 2. The normalized spacial score (nSPS) is 11.7. The minimum atomic E-state index is 0.246. The maximum Gasteiger partial charge on any atom is 0.132 e. The first-order valence-electron chi connectivity index (χ1n) is 7.24. The molecule has 108 valence electrons. The molecule has 0 saturated carbocycles. The van der Waals surface area contributed by atoms with Crippen LogP contribution in [0.15, 0.2) is 6.07 Å². The molecule has 4 heteroatoms. The van der Waals surface area contributed by atoms with Crippen molar-refractivity contribution in [1.82, 2.24) is 9.97 Å². The highest BCUT2D eigenvalue weighted by Crippen LogP contribution is 2.26. The summed E-state index contributed by atoms with van der Waals surface area (Å²) in [5, 5.41) is 6.70. The van der Waals surface area contributed by atoms with Gasteiger partial charge in [0.15, 0.2) is 0 Å². The van der Waals surface area contributed by atoms with E-state index in [2.05, 4.69) is 62.1 Å². The smallest absolute Gasteiger partial charge is 0.132 e. The molecule has 0 atom stereocenters. The molecule has 0 aliphatic rings. The van der Waals surface area contributed by atoms with Gasteiger partial charge in [-0.1, -0.05) is 34.6 Å². The average Bonchev–Trinajstić information content (AvgIpc) is 2.36. The van der Waals surface area contributed by atoms with Gasteiger partial charge in [0.05, 0.1) is 0 Å². The summed E-state index contributed by atoms with van der Waals surface area (Å²) in [6, 6.07) is 1.99. The van der Waals surface area contributed by atoms with Crippen LogP contribution in [0.2, 0.25) is 0 Å². The van der Waals surface area contributed by atoms with Gasteiger partial charge in [0.25, 0.3) is 0 Å². The summed E-state index contributed by atoms with van der Waals surface area (Å²) in [7, 11) is 0. The number of aryl methyl sites for hydroxylation is 1. The Morgan fingerprint density at radius 3 is 2.16 bits per heavy atom. The second-order valence-corrected chi connectivity index (χ2v) is 5.94. The first-order valence-corrected chi connectivity index (χ1v) is 7.24. The molecule has 0 fully saturated rings. The van der Waals surface area contributed by atoms with Gasteiger partial charge in [-0.05, 0) is 18.3 Å². The molecule has 4 nitrogen and oxygen atoms in total. The fourth-order valence-corrected chi connectivity index (χ4v) is 1.54. The minimum absolute atomic E-state index is 0.246. The molecule has 2 N–H and O–H groups in total.